The highest BCUT2D eigenvalue weighted by molar-refractivity contribution is 6.31. The number of anilines is 1. The normalized spacial score (nSPS) is 22.1. The number of hydrogen-bond donors (Lipinski definition) is 1. The van der Waals surface area contributed by atoms with Gasteiger partial charge in [0.25, 0.3) is 0 Å². The molecule has 3 rings (SSSR count). The number of benzene rings is 1. The monoisotopic (exact) mass is 263 g/mol. The minimum atomic E-state index is 0.633. The van der Waals surface area contributed by atoms with Crippen LogP contribution in [0, 0.1) is 11.8 Å². The molecule has 1 aromatic carbocycles. The van der Waals surface area contributed by atoms with E-state index in [1.54, 1.807) is 18.2 Å². The van der Waals surface area contributed by atoms with E-state index in [0.29, 0.717) is 22.5 Å². The topological polar surface area (TPSA) is 69.6 Å². The summed E-state index contributed by atoms with van der Waals surface area (Å²) in [4.78, 5) is 0. The molecule has 2 aromatic rings. The highest BCUT2D eigenvalue weighted by Gasteiger charge is 2.33. The fourth-order valence-corrected chi connectivity index (χ4v) is 2.29. The molecule has 2 N–H and O–H groups in total. The van der Waals surface area contributed by atoms with Crippen LogP contribution in [0.4, 0.5) is 5.69 Å². The molecule has 0 radical (unpaired) electrons. The Morgan fingerprint density at radius 2 is 2.28 bits per heavy atom. The van der Waals surface area contributed by atoms with Gasteiger partial charge in [-0.15, -0.1) is 5.10 Å². The summed E-state index contributed by atoms with van der Waals surface area (Å²) in [6.45, 7) is 3.08. The van der Waals surface area contributed by atoms with Crippen LogP contribution in [0.15, 0.2) is 18.2 Å². The lowest BCUT2D eigenvalue weighted by Crippen LogP contribution is -2.06. The second kappa shape index (κ2) is 4.24. The molecular weight excluding hydrogens is 250 g/mol. The third-order valence-corrected chi connectivity index (χ3v) is 3.71. The zero-order valence-corrected chi connectivity index (χ0v) is 10.8. The first kappa shape index (κ1) is 11.5. The lowest BCUT2D eigenvalue weighted by atomic mass is 10.1. The minimum Gasteiger partial charge on any atom is -0.398 e. The van der Waals surface area contributed by atoms with Crippen molar-refractivity contribution >= 4 is 17.3 Å². The summed E-state index contributed by atoms with van der Waals surface area (Å²) in [5, 5.41) is 12.5. The summed E-state index contributed by atoms with van der Waals surface area (Å²) >= 11 is 5.99. The Balaban J connectivity index is 1.96. The highest BCUT2D eigenvalue weighted by Crippen LogP contribution is 2.39. The molecule has 1 heterocycles. The second-order valence-corrected chi connectivity index (χ2v) is 5.33. The van der Waals surface area contributed by atoms with Crippen LogP contribution in [-0.2, 0) is 6.54 Å². The Kier molecular flexibility index (Phi) is 2.70. The lowest BCUT2D eigenvalue weighted by molar-refractivity contribution is 0.528. The van der Waals surface area contributed by atoms with Crippen molar-refractivity contribution in [1.29, 1.82) is 0 Å². The molecule has 0 amide bonds. The van der Waals surface area contributed by atoms with Gasteiger partial charge in [-0.3, -0.25) is 0 Å². The SMILES string of the molecule is CC1CC1Cn1nnnc1-c1cc(Cl)ccc1N. The summed E-state index contributed by atoms with van der Waals surface area (Å²) in [5.74, 6) is 2.13. The number of tetrazole rings is 1. The van der Waals surface area contributed by atoms with E-state index in [1.165, 1.54) is 6.42 Å². The van der Waals surface area contributed by atoms with Crippen LogP contribution in [0.1, 0.15) is 13.3 Å². The van der Waals surface area contributed by atoms with E-state index in [9.17, 15) is 0 Å². The zero-order chi connectivity index (χ0) is 12.7. The van der Waals surface area contributed by atoms with Gasteiger partial charge in [0.1, 0.15) is 0 Å². The van der Waals surface area contributed by atoms with Gasteiger partial charge in [0, 0.05) is 22.8 Å². The predicted octanol–water partition coefficient (Wildman–Crippen LogP) is 2.23. The number of aromatic nitrogens is 4. The van der Waals surface area contributed by atoms with E-state index in [0.717, 1.165) is 18.0 Å². The van der Waals surface area contributed by atoms with Crippen molar-refractivity contribution < 1.29 is 0 Å². The van der Waals surface area contributed by atoms with Gasteiger partial charge in [-0.2, -0.15) is 0 Å². The van der Waals surface area contributed by atoms with Crippen molar-refractivity contribution in [2.75, 3.05) is 5.73 Å². The van der Waals surface area contributed by atoms with E-state index in [4.69, 9.17) is 17.3 Å². The van der Waals surface area contributed by atoms with Crippen LogP contribution in [0.5, 0.6) is 0 Å². The Hall–Kier alpha value is -1.62. The lowest BCUT2D eigenvalue weighted by Gasteiger charge is -2.06. The maximum absolute atomic E-state index is 5.99. The number of rotatable bonds is 3. The van der Waals surface area contributed by atoms with E-state index in [1.807, 2.05) is 4.68 Å². The first-order chi connectivity index (χ1) is 8.65. The summed E-state index contributed by atoms with van der Waals surface area (Å²) in [6, 6.07) is 5.34. The minimum absolute atomic E-state index is 0.633. The Bertz CT molecular complexity index is 580. The molecule has 0 spiro atoms. The van der Waals surface area contributed by atoms with Crippen molar-refractivity contribution in [3.05, 3.63) is 23.2 Å². The molecule has 1 saturated carbocycles. The van der Waals surface area contributed by atoms with Crippen LogP contribution < -0.4 is 5.73 Å². The van der Waals surface area contributed by atoms with Gasteiger partial charge in [-0.05, 0) is 46.9 Å². The number of halogens is 1. The molecule has 0 aliphatic heterocycles. The van der Waals surface area contributed by atoms with Crippen molar-refractivity contribution in [3.63, 3.8) is 0 Å². The van der Waals surface area contributed by atoms with Gasteiger partial charge in [-0.1, -0.05) is 18.5 Å². The number of nitrogens with zero attached hydrogens (tertiary/aromatic N) is 4. The van der Waals surface area contributed by atoms with Crippen molar-refractivity contribution in [2.24, 2.45) is 11.8 Å². The molecule has 2 atom stereocenters. The van der Waals surface area contributed by atoms with E-state index >= 15 is 0 Å². The van der Waals surface area contributed by atoms with Crippen molar-refractivity contribution in [2.45, 2.75) is 19.9 Å². The first-order valence-corrected chi connectivity index (χ1v) is 6.34. The number of nitrogen functional groups attached to an aromatic ring is 1. The van der Waals surface area contributed by atoms with Gasteiger partial charge in [-0.25, -0.2) is 4.68 Å². The molecule has 1 aromatic heterocycles. The predicted molar refractivity (Wildman–Crippen MR) is 69.9 cm³/mol. The zero-order valence-electron chi connectivity index (χ0n) is 10.0. The summed E-state index contributed by atoms with van der Waals surface area (Å²) in [5.41, 5.74) is 7.39. The Labute approximate surface area is 110 Å². The second-order valence-electron chi connectivity index (χ2n) is 4.89. The molecular formula is C12H14ClN5. The maximum atomic E-state index is 5.99. The number of hydrogen-bond acceptors (Lipinski definition) is 4. The number of nitrogens with two attached hydrogens (primary N) is 1. The van der Waals surface area contributed by atoms with Gasteiger partial charge in [0.05, 0.1) is 0 Å². The quantitative estimate of drug-likeness (QED) is 0.862. The van der Waals surface area contributed by atoms with Crippen LogP contribution in [0.2, 0.25) is 5.02 Å². The molecule has 0 bridgehead atoms. The molecule has 6 heteroatoms. The Morgan fingerprint density at radius 3 is 3.00 bits per heavy atom. The van der Waals surface area contributed by atoms with Crippen LogP contribution in [0.3, 0.4) is 0 Å². The Morgan fingerprint density at radius 1 is 1.50 bits per heavy atom. The highest BCUT2D eigenvalue weighted by atomic mass is 35.5. The maximum Gasteiger partial charge on any atom is 0.184 e. The van der Waals surface area contributed by atoms with Gasteiger partial charge in [0.15, 0.2) is 5.82 Å². The molecule has 1 aliphatic rings. The van der Waals surface area contributed by atoms with Gasteiger partial charge < -0.3 is 5.73 Å². The molecule has 1 aliphatic carbocycles. The molecule has 2 unspecified atom stereocenters. The molecule has 1 fully saturated rings. The van der Waals surface area contributed by atoms with Gasteiger partial charge in [0.2, 0.25) is 0 Å². The third kappa shape index (κ3) is 2.06. The van der Waals surface area contributed by atoms with E-state index in [2.05, 4.69) is 22.4 Å². The fourth-order valence-electron chi connectivity index (χ4n) is 2.12. The average Bonchev–Trinajstić information content (AvgIpc) is 2.86. The largest absolute Gasteiger partial charge is 0.398 e. The van der Waals surface area contributed by atoms with Crippen molar-refractivity contribution in [3.8, 4) is 11.4 Å². The summed E-state index contributed by atoms with van der Waals surface area (Å²) in [6.07, 6.45) is 1.24. The average molecular weight is 264 g/mol. The fraction of sp³-hybridized carbons (Fsp3) is 0.417. The molecule has 94 valence electrons. The molecule has 18 heavy (non-hydrogen) atoms. The third-order valence-electron chi connectivity index (χ3n) is 3.47. The van der Waals surface area contributed by atoms with Crippen LogP contribution >= 0.6 is 11.6 Å². The standard InChI is InChI=1S/C12H14ClN5/c1-7-4-8(7)6-18-12(15-16-17-18)10-5-9(13)2-3-11(10)14/h2-3,5,7-8H,4,6,14H2,1H3. The molecule has 0 saturated heterocycles. The smallest absolute Gasteiger partial charge is 0.184 e. The van der Waals surface area contributed by atoms with Crippen LogP contribution in [-0.4, -0.2) is 20.2 Å². The van der Waals surface area contributed by atoms with E-state index in [-0.39, 0.29) is 0 Å². The summed E-state index contributed by atoms with van der Waals surface area (Å²) < 4.78 is 1.82. The summed E-state index contributed by atoms with van der Waals surface area (Å²) in [7, 11) is 0. The van der Waals surface area contributed by atoms with Crippen LogP contribution in [0.25, 0.3) is 11.4 Å². The van der Waals surface area contributed by atoms with E-state index < -0.39 is 0 Å². The molecule has 5 nitrogen and oxygen atoms in total. The first-order valence-electron chi connectivity index (χ1n) is 5.96. The van der Waals surface area contributed by atoms with Gasteiger partial charge >= 0.3 is 0 Å². The van der Waals surface area contributed by atoms with Crippen molar-refractivity contribution in [1.82, 2.24) is 20.2 Å².